The van der Waals surface area contributed by atoms with E-state index in [1.807, 2.05) is 6.07 Å². The number of para-hydroxylation sites is 1. The van der Waals surface area contributed by atoms with E-state index in [4.69, 9.17) is 19.9 Å². The molecule has 4 heteroatoms. The van der Waals surface area contributed by atoms with Crippen LogP contribution in [0, 0.1) is 23.7 Å². The fraction of sp³-hybridized carbons (Fsp3) is 0.220. The number of aromatic nitrogens is 4. The minimum absolute atomic E-state index is 0.0455. The van der Waals surface area contributed by atoms with Gasteiger partial charge in [0.05, 0.1) is 5.52 Å². The van der Waals surface area contributed by atoms with Crippen molar-refractivity contribution in [3.63, 3.8) is 0 Å². The van der Waals surface area contributed by atoms with Gasteiger partial charge in [0.25, 0.3) is 0 Å². The molecule has 0 radical (unpaired) electrons. The number of hydrogen-bond acceptors (Lipinski definition) is 4. The monoisotopic (exact) mass is 810 g/mol. The predicted octanol–water partition coefficient (Wildman–Crippen LogP) is 14.3. The first-order chi connectivity index (χ1) is 30.9. The van der Waals surface area contributed by atoms with E-state index in [2.05, 4.69) is 166 Å². The molecule has 0 aliphatic heterocycles. The summed E-state index contributed by atoms with van der Waals surface area (Å²) in [6.45, 7) is 4.79. The molecule has 7 aromatic carbocycles. The Morgan fingerprint density at radius 3 is 1.73 bits per heavy atom. The maximum absolute atomic E-state index is 5.36. The van der Waals surface area contributed by atoms with Crippen LogP contribution >= 0.6 is 0 Å². The zero-order valence-electron chi connectivity index (χ0n) is 35.6. The van der Waals surface area contributed by atoms with Crippen LogP contribution in [0.15, 0.2) is 158 Å². The predicted molar refractivity (Wildman–Crippen MR) is 255 cm³/mol. The molecule has 2 heterocycles. The van der Waals surface area contributed by atoms with Gasteiger partial charge in [0.15, 0.2) is 17.5 Å². The lowest BCUT2D eigenvalue weighted by molar-refractivity contribution is -0.0399. The molecule has 0 unspecified atom stereocenters. The van der Waals surface area contributed by atoms with Gasteiger partial charge in [-0.05, 0) is 146 Å². The molecule has 63 heavy (non-hydrogen) atoms. The Morgan fingerprint density at radius 1 is 0.397 bits per heavy atom. The van der Waals surface area contributed by atoms with Crippen molar-refractivity contribution in [1.82, 2.24) is 19.9 Å². The van der Waals surface area contributed by atoms with Crippen molar-refractivity contribution >= 4 is 21.7 Å². The number of hydrogen-bond donors (Lipinski definition) is 0. The molecule has 302 valence electrons. The smallest absolute Gasteiger partial charge is 0.182 e. The average Bonchev–Trinajstić information content (AvgIpc) is 3.75. The van der Waals surface area contributed by atoms with Crippen LogP contribution in [0.25, 0.3) is 89.4 Å². The van der Waals surface area contributed by atoms with Gasteiger partial charge in [0, 0.05) is 27.3 Å². The van der Waals surface area contributed by atoms with Crippen molar-refractivity contribution in [2.45, 2.75) is 56.8 Å². The number of rotatable bonds is 4. The van der Waals surface area contributed by atoms with Gasteiger partial charge in [-0.25, -0.2) is 19.9 Å². The molecule has 9 aromatic rings. The maximum Gasteiger partial charge on any atom is 0.182 e. The quantitative estimate of drug-likeness (QED) is 0.178. The van der Waals surface area contributed by atoms with Gasteiger partial charge in [0.2, 0.25) is 0 Å². The molecule has 4 fully saturated rings. The van der Waals surface area contributed by atoms with E-state index >= 15 is 0 Å². The largest absolute Gasteiger partial charge is 0.244 e. The Bertz CT molecular complexity index is 3290. The van der Waals surface area contributed by atoms with Crippen molar-refractivity contribution in [3.8, 4) is 67.7 Å². The van der Waals surface area contributed by atoms with Crippen LogP contribution in [0.1, 0.15) is 68.2 Å². The minimum Gasteiger partial charge on any atom is -0.244 e. The normalized spacial score (nSPS) is 23.0. The zero-order valence-corrected chi connectivity index (χ0v) is 35.6. The van der Waals surface area contributed by atoms with Crippen LogP contribution in [-0.2, 0) is 10.8 Å². The van der Waals surface area contributed by atoms with Gasteiger partial charge < -0.3 is 0 Å². The fourth-order valence-electron chi connectivity index (χ4n) is 13.9. The topological polar surface area (TPSA) is 51.6 Å². The highest BCUT2D eigenvalue weighted by molar-refractivity contribution is 6.01. The number of nitrogens with zero attached hydrogens (tertiary/aromatic N) is 4. The second-order valence-corrected chi connectivity index (χ2v) is 19.8. The van der Waals surface area contributed by atoms with Crippen LogP contribution in [0.4, 0.5) is 0 Å². The summed E-state index contributed by atoms with van der Waals surface area (Å²) in [6, 6.07) is 58.2. The SMILES string of the molecule is CC1(C)c2ccccc2-c2c(-c3cccc4c3-c3ccc(-c5nc(-c6ccc7ccccc7c6)nc(-c6ccc7ccccc7n6)n5)cc3C43C4CC5CC(C4)CC3C5)cccc21. The van der Waals surface area contributed by atoms with E-state index in [9.17, 15) is 0 Å². The molecule has 6 aliphatic carbocycles. The molecule has 15 rings (SSSR count). The summed E-state index contributed by atoms with van der Waals surface area (Å²) in [7, 11) is 0. The van der Waals surface area contributed by atoms with E-state index in [0.29, 0.717) is 29.3 Å². The number of pyridine rings is 1. The Kier molecular flexibility index (Phi) is 7.32. The second-order valence-electron chi connectivity index (χ2n) is 19.8. The molecule has 6 aliphatic rings. The first kappa shape index (κ1) is 35.8. The van der Waals surface area contributed by atoms with Crippen LogP contribution in [-0.4, -0.2) is 19.9 Å². The van der Waals surface area contributed by atoms with Crippen molar-refractivity contribution in [2.75, 3.05) is 0 Å². The standard InChI is InChI=1S/C59H46N4/c1-58(2)47-17-7-6-14-45(47)53-43(15-9-18-48(53)58)44-16-10-19-49-54(44)46-25-23-40(33-50(46)59(49)41-28-34-27-35(30-41)31-42(59)29-34)56-61-55(39-22-21-36-11-3-4-13-38(36)32-39)62-57(63-56)52-26-24-37-12-5-8-20-51(37)60-52/h3-26,32-35,41-42H,27-31H2,1-2H3. The van der Waals surface area contributed by atoms with Crippen molar-refractivity contribution in [1.29, 1.82) is 0 Å². The van der Waals surface area contributed by atoms with E-state index < -0.39 is 0 Å². The first-order valence-corrected chi connectivity index (χ1v) is 23.1. The Morgan fingerprint density at radius 2 is 0.952 bits per heavy atom. The third-order valence-corrected chi connectivity index (χ3v) is 16.3. The van der Waals surface area contributed by atoms with Crippen LogP contribution in [0.3, 0.4) is 0 Å². The van der Waals surface area contributed by atoms with Gasteiger partial charge >= 0.3 is 0 Å². The molecule has 0 amide bonds. The lowest BCUT2D eigenvalue weighted by Crippen LogP contribution is -2.55. The molecule has 4 bridgehead atoms. The van der Waals surface area contributed by atoms with Gasteiger partial charge in [-0.2, -0.15) is 0 Å². The summed E-state index contributed by atoms with van der Waals surface area (Å²) in [5.74, 6) is 4.86. The van der Waals surface area contributed by atoms with Gasteiger partial charge in [-0.1, -0.05) is 147 Å². The molecule has 0 atom stereocenters. The highest BCUT2D eigenvalue weighted by atomic mass is 15.0. The highest BCUT2D eigenvalue weighted by Gasteiger charge is 2.62. The summed E-state index contributed by atoms with van der Waals surface area (Å²) in [6.07, 6.45) is 6.69. The fourth-order valence-corrected chi connectivity index (χ4v) is 13.9. The molecule has 2 aromatic heterocycles. The molecule has 4 saturated carbocycles. The van der Waals surface area contributed by atoms with E-state index in [1.165, 1.54) is 87.6 Å². The lowest BCUT2D eigenvalue weighted by atomic mass is 9.43. The maximum atomic E-state index is 5.36. The van der Waals surface area contributed by atoms with Crippen LogP contribution < -0.4 is 0 Å². The molecular formula is C59H46N4. The Labute approximate surface area is 368 Å². The highest BCUT2D eigenvalue weighted by Crippen LogP contribution is 2.70. The zero-order chi connectivity index (χ0) is 41.6. The average molecular weight is 811 g/mol. The second kappa shape index (κ2) is 12.9. The number of fused-ring (bicyclic) bond motifs is 8. The van der Waals surface area contributed by atoms with Crippen molar-refractivity contribution in [2.24, 2.45) is 23.7 Å². The molecule has 4 nitrogen and oxygen atoms in total. The van der Waals surface area contributed by atoms with Gasteiger partial charge in [0.1, 0.15) is 5.69 Å². The lowest BCUT2D eigenvalue weighted by Gasteiger charge is -2.61. The summed E-state index contributed by atoms with van der Waals surface area (Å²) < 4.78 is 0. The molecular weight excluding hydrogens is 765 g/mol. The number of benzene rings is 7. The Hall–Kier alpha value is -6.78. The first-order valence-electron chi connectivity index (χ1n) is 23.1. The van der Waals surface area contributed by atoms with Gasteiger partial charge in [-0.15, -0.1) is 0 Å². The third-order valence-electron chi connectivity index (χ3n) is 16.3. The summed E-state index contributed by atoms with van der Waals surface area (Å²) in [5.41, 5.74) is 17.8. The van der Waals surface area contributed by atoms with E-state index in [0.717, 1.165) is 44.9 Å². The van der Waals surface area contributed by atoms with Gasteiger partial charge in [-0.3, -0.25) is 0 Å². The van der Waals surface area contributed by atoms with Crippen LogP contribution in [0.2, 0.25) is 0 Å². The summed E-state index contributed by atoms with van der Waals surface area (Å²) in [4.78, 5) is 21.0. The Balaban J connectivity index is 0.997. The third kappa shape index (κ3) is 4.98. The molecule has 1 spiro atoms. The summed E-state index contributed by atoms with van der Waals surface area (Å²) in [5, 5.41) is 3.45. The minimum atomic E-state index is -0.0627. The van der Waals surface area contributed by atoms with Crippen LogP contribution in [0.5, 0.6) is 0 Å². The van der Waals surface area contributed by atoms with E-state index in [1.54, 1.807) is 5.56 Å². The molecule has 0 N–H and O–H groups in total. The summed E-state index contributed by atoms with van der Waals surface area (Å²) >= 11 is 0. The molecule has 0 saturated heterocycles. The van der Waals surface area contributed by atoms with E-state index in [-0.39, 0.29) is 10.8 Å². The van der Waals surface area contributed by atoms with Crippen molar-refractivity contribution in [3.05, 3.63) is 180 Å². The van der Waals surface area contributed by atoms with Crippen molar-refractivity contribution < 1.29 is 0 Å².